The maximum atomic E-state index is 5.57. The second-order valence-electron chi connectivity index (χ2n) is 2.33. The van der Waals surface area contributed by atoms with Crippen LogP contribution in [0.15, 0.2) is 0 Å². The average Bonchev–Trinajstić information content (AvgIpc) is 2.00. The summed E-state index contributed by atoms with van der Waals surface area (Å²) in [6.45, 7) is 5.59. The van der Waals surface area contributed by atoms with Crippen molar-refractivity contribution in [3.05, 3.63) is 0 Å². The van der Waals surface area contributed by atoms with Gasteiger partial charge >= 0.3 is 23.4 Å². The summed E-state index contributed by atoms with van der Waals surface area (Å²) in [5, 5.41) is 0. The van der Waals surface area contributed by atoms with E-state index >= 15 is 0 Å². The molecule has 0 fully saturated rings. The predicted octanol–water partition coefficient (Wildman–Crippen LogP) is 0.503. The van der Waals surface area contributed by atoms with Crippen molar-refractivity contribution in [2.45, 2.75) is 26.8 Å². The molecular weight excluding hydrogens is 157 g/mol. The highest BCUT2D eigenvalue weighted by Gasteiger charge is 2.23. The first-order chi connectivity index (χ1) is 5.04. The normalized spacial score (nSPS) is 17.5. The van der Waals surface area contributed by atoms with Gasteiger partial charge in [0.05, 0.1) is 6.10 Å². The molecule has 57 valence electrons. The van der Waals surface area contributed by atoms with Gasteiger partial charge in [-0.3, -0.25) is 0 Å². The molecule has 0 N–H and O–H groups in total. The molecule has 7 heteroatoms. The fourth-order valence-electron chi connectivity index (χ4n) is 0.323. The van der Waals surface area contributed by atoms with Crippen molar-refractivity contribution in [1.82, 2.24) is 0 Å². The molecule has 11 heavy (non-hydrogen) atoms. The molecule has 0 aliphatic rings. The third kappa shape index (κ3) is 4.86. The molecule has 0 bridgehead atoms. The van der Waals surface area contributed by atoms with E-state index in [9.17, 15) is 0 Å². The lowest BCUT2D eigenvalue weighted by molar-refractivity contribution is -0.779. The van der Waals surface area contributed by atoms with Crippen molar-refractivity contribution >= 4 is 32.4 Å². The van der Waals surface area contributed by atoms with Crippen molar-refractivity contribution in [2.75, 3.05) is 0 Å². The molecule has 0 aromatic rings. The van der Waals surface area contributed by atoms with Crippen LogP contribution in [0.1, 0.15) is 13.8 Å². The quantitative estimate of drug-likeness (QED) is 0.338. The molecule has 2 unspecified atom stereocenters. The van der Waals surface area contributed by atoms with E-state index < -0.39 is 0 Å². The Morgan fingerprint density at radius 1 is 1.55 bits per heavy atom. The van der Waals surface area contributed by atoms with Crippen LogP contribution in [0.4, 0.5) is 0 Å². The van der Waals surface area contributed by atoms with Gasteiger partial charge in [0.2, 0.25) is 8.96 Å². The van der Waals surface area contributed by atoms with Crippen molar-refractivity contribution in [1.29, 1.82) is 0 Å². The van der Waals surface area contributed by atoms with Gasteiger partial charge in [-0.1, -0.05) is 0 Å². The molecule has 0 spiro atoms. The van der Waals surface area contributed by atoms with Crippen molar-refractivity contribution in [2.24, 2.45) is 0 Å². The summed E-state index contributed by atoms with van der Waals surface area (Å²) < 4.78 is 9.40. The van der Waals surface area contributed by atoms with E-state index in [1.807, 2.05) is 13.8 Å². The monoisotopic (exact) mass is 169 g/mol. The Bertz CT molecular complexity index is 112. The highest BCUT2D eigenvalue weighted by atomic mass is 31.1. The summed E-state index contributed by atoms with van der Waals surface area (Å²) >= 11 is 0. The van der Waals surface area contributed by atoms with Crippen LogP contribution in [-0.4, -0.2) is 33.8 Å². The van der Waals surface area contributed by atoms with E-state index in [-0.39, 0.29) is 19.3 Å². The Balaban J connectivity index is 3.69. The summed E-state index contributed by atoms with van der Waals surface area (Å²) in [7, 11) is 12.1. The fourth-order valence-corrected chi connectivity index (χ4v) is 0.847. The van der Waals surface area contributed by atoms with Gasteiger partial charge < -0.3 is 13.5 Å². The largest absolute Gasteiger partial charge is 0.495 e. The minimum atomic E-state index is -0.307. The highest BCUT2D eigenvalue weighted by Crippen LogP contribution is 2.27. The van der Waals surface area contributed by atoms with Gasteiger partial charge in [-0.15, -0.1) is 0 Å². The number of rotatable bonds is 5. The Morgan fingerprint density at radius 3 is 2.36 bits per heavy atom. The van der Waals surface area contributed by atoms with E-state index in [1.165, 1.54) is 0 Å². The SMILES string of the molecule is [B]O[N+]([B])([B]C)POC(C)C. The zero-order valence-corrected chi connectivity index (χ0v) is 8.07. The second-order valence-corrected chi connectivity index (χ2v) is 3.45. The predicted molar refractivity (Wildman–Crippen MR) is 49.0 cm³/mol. The maximum Gasteiger partial charge on any atom is 0.495 e. The lowest BCUT2D eigenvalue weighted by atomic mass is 9.95. The molecular formula is C4H11B3NO2P+. The summed E-state index contributed by atoms with van der Waals surface area (Å²) in [5.74, 6) is 0. The van der Waals surface area contributed by atoms with Crippen LogP contribution >= 0.6 is 8.96 Å². The lowest BCUT2D eigenvalue weighted by Gasteiger charge is -2.29. The summed E-state index contributed by atoms with van der Waals surface area (Å²) in [6, 6.07) is 0. The minimum absolute atomic E-state index is 0.0309. The van der Waals surface area contributed by atoms with E-state index in [2.05, 4.69) is 4.76 Å². The standard InChI is InChI=1S/C4H11B3NO2P/c1-4(2)9-11-8(5,7-3)10-6/h4,11H,1-3H3/q+1. The van der Waals surface area contributed by atoms with Crippen molar-refractivity contribution in [3.8, 4) is 0 Å². The van der Waals surface area contributed by atoms with Gasteiger partial charge in [-0.2, -0.15) is 0 Å². The summed E-state index contributed by atoms with van der Waals surface area (Å²) in [5.41, 5.74) is 0. The Labute approximate surface area is 73.4 Å². The van der Waals surface area contributed by atoms with Crippen LogP contribution in [0.3, 0.4) is 0 Å². The second kappa shape index (κ2) is 5.20. The van der Waals surface area contributed by atoms with Gasteiger partial charge in [-0.25, -0.2) is 0 Å². The molecule has 0 amide bonds. The minimum Gasteiger partial charge on any atom is -0.328 e. The van der Waals surface area contributed by atoms with Crippen LogP contribution in [-0.2, 0) is 9.28 Å². The number of hydrogen-bond acceptors (Lipinski definition) is 2. The Hall–Kier alpha value is 0.505. The molecule has 0 aliphatic carbocycles. The van der Waals surface area contributed by atoms with E-state index in [1.54, 1.807) is 14.2 Å². The zero-order valence-electron chi connectivity index (χ0n) is 7.07. The molecule has 0 rings (SSSR count). The smallest absolute Gasteiger partial charge is 0.328 e. The lowest BCUT2D eigenvalue weighted by Crippen LogP contribution is -2.39. The molecule has 2 atom stereocenters. The fraction of sp³-hybridized carbons (Fsp3) is 1.00. The molecule has 5 radical (unpaired) electrons. The first-order valence-corrected chi connectivity index (χ1v) is 4.19. The van der Waals surface area contributed by atoms with Gasteiger partial charge in [-0.05, 0) is 20.7 Å². The van der Waals surface area contributed by atoms with Gasteiger partial charge in [0.1, 0.15) is 0 Å². The summed E-state index contributed by atoms with van der Waals surface area (Å²) in [4.78, 5) is 0. The molecule has 0 aromatic heterocycles. The zero-order chi connectivity index (χ0) is 8.91. The van der Waals surface area contributed by atoms with Crippen molar-refractivity contribution in [3.63, 3.8) is 0 Å². The Kier molecular flexibility index (Phi) is 5.44. The number of nitrogens with zero attached hydrogens (tertiary/aromatic N) is 1. The molecule has 3 nitrogen and oxygen atoms in total. The van der Waals surface area contributed by atoms with Gasteiger partial charge in [0.15, 0.2) is 0 Å². The van der Waals surface area contributed by atoms with Crippen LogP contribution in [0.5, 0.6) is 0 Å². The van der Waals surface area contributed by atoms with Crippen LogP contribution in [0.25, 0.3) is 0 Å². The first-order valence-electron chi connectivity index (χ1n) is 3.33. The topological polar surface area (TPSA) is 18.5 Å². The molecule has 0 aliphatic heterocycles. The first kappa shape index (κ1) is 11.5. The van der Waals surface area contributed by atoms with Gasteiger partial charge in [0, 0.05) is 0 Å². The Morgan fingerprint density at radius 2 is 2.09 bits per heavy atom. The van der Waals surface area contributed by atoms with Crippen molar-refractivity contribution < 1.29 is 13.5 Å². The van der Waals surface area contributed by atoms with E-state index in [0.717, 1.165) is 0 Å². The molecule has 0 heterocycles. The van der Waals surface area contributed by atoms with Crippen LogP contribution in [0.2, 0.25) is 6.82 Å². The van der Waals surface area contributed by atoms with Crippen LogP contribution in [0, 0.1) is 0 Å². The third-order valence-corrected chi connectivity index (χ3v) is 2.21. The third-order valence-electron chi connectivity index (χ3n) is 0.989. The highest BCUT2D eigenvalue weighted by molar-refractivity contribution is 7.27. The molecule has 0 aromatic carbocycles. The number of hydrogen-bond donors (Lipinski definition) is 0. The number of quaternary nitrogens is 1. The molecule has 0 saturated heterocycles. The molecule has 0 saturated carbocycles. The average molecular weight is 169 g/mol. The van der Waals surface area contributed by atoms with E-state index in [0.29, 0.717) is 0 Å². The maximum absolute atomic E-state index is 5.57. The van der Waals surface area contributed by atoms with E-state index in [4.69, 9.17) is 20.6 Å². The van der Waals surface area contributed by atoms with Crippen LogP contribution < -0.4 is 0 Å². The van der Waals surface area contributed by atoms with Gasteiger partial charge in [0.25, 0.3) is 0 Å². The summed E-state index contributed by atoms with van der Waals surface area (Å²) in [6.07, 6.45) is 0.129.